The van der Waals surface area contributed by atoms with E-state index in [9.17, 15) is 9.35 Å². The molecule has 0 amide bonds. The highest BCUT2D eigenvalue weighted by molar-refractivity contribution is 7.90. The van der Waals surface area contributed by atoms with Crippen LogP contribution in [-0.2, 0) is 27.9 Å². The van der Waals surface area contributed by atoms with E-state index in [1.165, 1.54) is 16.7 Å². The molecule has 4 heterocycles. The number of rotatable bonds is 6. The van der Waals surface area contributed by atoms with Crippen molar-refractivity contribution in [3.8, 4) is 0 Å². The maximum Gasteiger partial charge on any atom is 0.263 e. The Kier molecular flexibility index (Phi) is 7.36. The molecule has 8 rings (SSSR count). The molecular weight excluding hydrogens is 597 g/mol. The third-order valence-corrected chi connectivity index (χ3v) is 12.4. The quantitative estimate of drug-likeness (QED) is 0.255. The van der Waals surface area contributed by atoms with Crippen molar-refractivity contribution >= 4 is 28.3 Å². The van der Waals surface area contributed by atoms with Crippen LogP contribution in [0.4, 0.5) is 5.95 Å². The largest absolute Gasteiger partial charge is 0.598 e. The fraction of sp³-hybridized carbons (Fsp3) is 0.528. The van der Waals surface area contributed by atoms with Gasteiger partial charge in [-0.15, -0.1) is 4.72 Å². The maximum absolute atomic E-state index is 14.1. The molecule has 9 nitrogen and oxygen atoms in total. The first kappa shape index (κ1) is 30.2. The molecule has 4 aliphatic rings. The number of aromatic amines is 1. The van der Waals surface area contributed by atoms with Crippen LogP contribution in [0.5, 0.6) is 0 Å². The highest BCUT2D eigenvalue weighted by Gasteiger charge is 2.52. The highest BCUT2D eigenvalue weighted by atomic mass is 32.2. The van der Waals surface area contributed by atoms with Crippen LogP contribution < -0.4 is 15.2 Å². The lowest BCUT2D eigenvalue weighted by molar-refractivity contribution is -0.0372. The Morgan fingerprint density at radius 3 is 2.46 bits per heavy atom. The minimum Gasteiger partial charge on any atom is -0.598 e. The van der Waals surface area contributed by atoms with Crippen molar-refractivity contribution in [2.24, 2.45) is 5.41 Å². The van der Waals surface area contributed by atoms with Crippen molar-refractivity contribution in [1.29, 1.82) is 0 Å². The molecule has 46 heavy (non-hydrogen) atoms. The number of benzene rings is 2. The van der Waals surface area contributed by atoms with Crippen LogP contribution in [0.15, 0.2) is 59.4 Å². The Balaban J connectivity index is 1.13. The molecule has 242 valence electrons. The van der Waals surface area contributed by atoms with Gasteiger partial charge in [0, 0.05) is 41.9 Å². The van der Waals surface area contributed by atoms with Crippen molar-refractivity contribution in [2.45, 2.75) is 94.6 Å². The summed E-state index contributed by atoms with van der Waals surface area (Å²) in [6, 6.07) is 19.1. The number of hydrogen-bond donors (Lipinski definition) is 2. The van der Waals surface area contributed by atoms with E-state index in [0.29, 0.717) is 23.6 Å². The fourth-order valence-corrected chi connectivity index (χ4v) is 9.01. The average Bonchev–Trinajstić information content (AvgIpc) is 3.70. The zero-order chi connectivity index (χ0) is 31.7. The molecule has 1 saturated carbocycles. The van der Waals surface area contributed by atoms with Gasteiger partial charge in [0.25, 0.3) is 5.56 Å². The van der Waals surface area contributed by atoms with Gasteiger partial charge in [-0.2, -0.15) is 10.1 Å². The number of H-pyrrole nitrogens is 1. The lowest BCUT2D eigenvalue weighted by Crippen LogP contribution is -2.50. The van der Waals surface area contributed by atoms with Gasteiger partial charge in [0.2, 0.25) is 5.95 Å². The number of hydrogen-bond acceptors (Lipinski definition) is 7. The average molecular weight is 641 g/mol. The minimum atomic E-state index is -1.19. The molecule has 0 bridgehead atoms. The molecule has 2 N–H and O–H groups in total. The van der Waals surface area contributed by atoms with Crippen LogP contribution in [0.2, 0.25) is 0 Å². The minimum absolute atomic E-state index is 0.0144. The summed E-state index contributed by atoms with van der Waals surface area (Å²) in [7, 11) is 0. The van der Waals surface area contributed by atoms with Gasteiger partial charge in [-0.3, -0.25) is 9.78 Å². The first-order valence-electron chi connectivity index (χ1n) is 16.9. The van der Waals surface area contributed by atoms with E-state index in [2.05, 4.69) is 63.1 Å². The van der Waals surface area contributed by atoms with E-state index in [4.69, 9.17) is 14.8 Å². The summed E-state index contributed by atoms with van der Waals surface area (Å²) in [6.07, 6.45) is 7.40. The molecule has 2 saturated heterocycles. The lowest BCUT2D eigenvalue weighted by Gasteiger charge is -2.44. The van der Waals surface area contributed by atoms with Crippen molar-refractivity contribution in [3.63, 3.8) is 0 Å². The smallest absolute Gasteiger partial charge is 0.263 e. The molecule has 2 aromatic carbocycles. The summed E-state index contributed by atoms with van der Waals surface area (Å²) < 4.78 is 24.7. The fourth-order valence-electron chi connectivity index (χ4n) is 8.07. The predicted molar refractivity (Wildman–Crippen MR) is 181 cm³/mol. The number of nitrogens with one attached hydrogen (secondary N) is 2. The van der Waals surface area contributed by atoms with Crippen molar-refractivity contribution in [2.75, 3.05) is 24.6 Å². The van der Waals surface area contributed by atoms with Gasteiger partial charge in [0.15, 0.2) is 11.9 Å². The predicted octanol–water partition coefficient (Wildman–Crippen LogP) is 5.83. The zero-order valence-electron chi connectivity index (χ0n) is 27.1. The topological polar surface area (TPSA) is 111 Å². The molecule has 3 fully saturated rings. The van der Waals surface area contributed by atoms with Crippen LogP contribution >= 0.6 is 0 Å². The second kappa shape index (κ2) is 11.2. The third-order valence-electron chi connectivity index (χ3n) is 10.9. The van der Waals surface area contributed by atoms with E-state index < -0.39 is 11.4 Å². The van der Waals surface area contributed by atoms with Gasteiger partial charge in [-0.25, -0.2) is 4.68 Å². The number of ether oxygens (including phenoxy) is 1. The van der Waals surface area contributed by atoms with Crippen molar-refractivity contribution < 1.29 is 9.29 Å². The maximum atomic E-state index is 14.1. The van der Waals surface area contributed by atoms with E-state index in [1.54, 1.807) is 0 Å². The van der Waals surface area contributed by atoms with Gasteiger partial charge in [0.1, 0.15) is 10.1 Å². The highest BCUT2D eigenvalue weighted by Crippen LogP contribution is 2.55. The van der Waals surface area contributed by atoms with Gasteiger partial charge in [-0.1, -0.05) is 54.6 Å². The molecule has 10 heteroatoms. The summed E-state index contributed by atoms with van der Waals surface area (Å²) in [4.78, 5) is 24.6. The van der Waals surface area contributed by atoms with E-state index in [1.807, 2.05) is 31.5 Å². The van der Waals surface area contributed by atoms with Gasteiger partial charge in [-0.05, 0) is 88.8 Å². The number of aromatic nitrogens is 4. The Morgan fingerprint density at radius 2 is 1.76 bits per heavy atom. The molecule has 2 aliphatic heterocycles. The van der Waals surface area contributed by atoms with E-state index in [-0.39, 0.29) is 33.4 Å². The van der Waals surface area contributed by atoms with Crippen LogP contribution in [-0.4, -0.2) is 48.7 Å². The van der Waals surface area contributed by atoms with Crippen molar-refractivity contribution in [3.05, 3.63) is 87.3 Å². The van der Waals surface area contributed by atoms with Crippen LogP contribution in [0.1, 0.15) is 100 Å². The van der Waals surface area contributed by atoms with Crippen LogP contribution in [0.3, 0.4) is 0 Å². The molecule has 3 atom stereocenters. The molecule has 2 unspecified atom stereocenters. The number of fused-ring (bicyclic) bond motifs is 2. The molecule has 0 radical (unpaired) electrons. The van der Waals surface area contributed by atoms with Gasteiger partial charge >= 0.3 is 0 Å². The molecular formula is C36H44N6O3S. The van der Waals surface area contributed by atoms with Crippen molar-refractivity contribution in [1.82, 2.24) is 24.5 Å². The summed E-state index contributed by atoms with van der Waals surface area (Å²) in [5.74, 6) is 0.596. The van der Waals surface area contributed by atoms with Crippen LogP contribution in [0.25, 0.3) is 11.0 Å². The van der Waals surface area contributed by atoms with E-state index in [0.717, 1.165) is 70.2 Å². The zero-order valence-corrected chi connectivity index (χ0v) is 27.9. The SMILES string of the molecule is CC(C)(C)[S+]([O-])N[C@@H]1c2ccccc2CC12CCN(c1nc3c(c(C4(c5ccccc5)CC4)nn3C3CCCCO3)c(=O)[nH]1)CC2. The summed E-state index contributed by atoms with van der Waals surface area (Å²) in [5, 5.41) is 5.75. The van der Waals surface area contributed by atoms with Gasteiger partial charge in [0.05, 0.1) is 11.7 Å². The first-order valence-corrected chi connectivity index (χ1v) is 18.0. The van der Waals surface area contributed by atoms with Crippen LogP contribution in [0, 0.1) is 5.41 Å². The molecule has 4 aromatic rings. The molecule has 1 spiro atoms. The summed E-state index contributed by atoms with van der Waals surface area (Å²) in [5.41, 5.74) is 4.80. The number of piperidine rings is 1. The Bertz CT molecular complexity index is 1800. The molecule has 2 aliphatic carbocycles. The first-order chi connectivity index (χ1) is 22.2. The Morgan fingerprint density at radius 1 is 1.02 bits per heavy atom. The monoisotopic (exact) mass is 640 g/mol. The summed E-state index contributed by atoms with van der Waals surface area (Å²) >= 11 is -1.19. The normalized spacial score (nSPS) is 24.3. The third kappa shape index (κ3) is 5.00. The summed E-state index contributed by atoms with van der Waals surface area (Å²) in [6.45, 7) is 8.24. The Hall–Kier alpha value is -3.18. The van der Waals surface area contributed by atoms with Gasteiger partial charge < -0.3 is 14.2 Å². The second-order valence-corrected chi connectivity index (χ2v) is 16.8. The lowest BCUT2D eigenvalue weighted by atomic mass is 9.73. The Labute approximate surface area is 273 Å². The van der Waals surface area contributed by atoms with E-state index >= 15 is 0 Å². The number of nitrogens with zero attached hydrogens (tertiary/aromatic N) is 4. The standard InChI is InChI=1S/C36H44N6O3S/c1-34(2,3)46(44)40-29-26-14-8-7-11-24(26)23-35(29)18-20-41(21-19-35)33-37-31-28(32(43)38-33)30(39-42(31)27-15-9-10-22-45-27)36(16-17-36)25-12-5-4-6-13-25/h4-8,11-14,27,29,40H,9-10,15-23H2,1-3H3,(H,37,38,43)/t27?,29-,46?/m1/s1. The number of anilines is 1. The second-order valence-electron chi connectivity index (χ2n) is 14.8. The molecule has 2 aromatic heterocycles.